The van der Waals surface area contributed by atoms with Gasteiger partial charge >= 0.3 is 11.7 Å². The van der Waals surface area contributed by atoms with Crippen LogP contribution >= 0.6 is 0 Å². The minimum Gasteiger partial charge on any atom is -0.484 e. The first-order valence-corrected chi connectivity index (χ1v) is 13.5. The minimum absolute atomic E-state index is 0.0620. The number of hydrogen-bond donors (Lipinski definition) is 3. The summed E-state index contributed by atoms with van der Waals surface area (Å²) in [6.45, 7) is 10.2. The Morgan fingerprint density at radius 3 is 2.28 bits per heavy atom. The molecule has 2 aromatic heterocycles. The number of benzene rings is 1. The topological polar surface area (TPSA) is 148 Å². The van der Waals surface area contributed by atoms with Gasteiger partial charge in [0.05, 0.1) is 0 Å². The van der Waals surface area contributed by atoms with Crippen molar-refractivity contribution in [2.24, 2.45) is 5.92 Å². The van der Waals surface area contributed by atoms with Crippen LogP contribution in [0.4, 0.5) is 0 Å². The number of aromatic amines is 1. The first kappa shape index (κ1) is 29.7. The number of aromatic nitrogens is 4. The average Bonchev–Trinajstić information content (AvgIpc) is 3.34. The predicted octanol–water partition coefficient (Wildman–Crippen LogP) is 3.05. The first-order chi connectivity index (χ1) is 18.5. The Morgan fingerprint density at radius 2 is 1.69 bits per heavy atom. The number of carbonyl (C=O) groups is 2. The number of aryl methyl sites for hydroxylation is 1. The lowest BCUT2D eigenvalue weighted by Crippen LogP contribution is -2.43. The van der Waals surface area contributed by atoms with E-state index in [9.17, 15) is 24.3 Å². The third-order valence-electron chi connectivity index (χ3n) is 6.42. The molecule has 3 N–H and O–H groups in total. The van der Waals surface area contributed by atoms with Gasteiger partial charge in [0.1, 0.15) is 23.1 Å². The molecule has 0 spiro atoms. The van der Waals surface area contributed by atoms with E-state index in [1.807, 2.05) is 46.8 Å². The van der Waals surface area contributed by atoms with Crippen LogP contribution in [0.25, 0.3) is 11.2 Å². The molecule has 3 rings (SSSR count). The third kappa shape index (κ3) is 7.36. The maximum absolute atomic E-state index is 13.0. The number of fused-ring (bicyclic) bond motifs is 1. The lowest BCUT2D eigenvalue weighted by atomic mass is 10.0. The molecule has 0 radical (unpaired) electrons. The van der Waals surface area contributed by atoms with Crippen LogP contribution in [0.15, 0.2) is 33.9 Å². The van der Waals surface area contributed by atoms with Gasteiger partial charge in [-0.05, 0) is 49.3 Å². The number of rotatable bonds is 14. The van der Waals surface area contributed by atoms with Crippen LogP contribution in [0.2, 0.25) is 0 Å². The molecule has 0 saturated heterocycles. The highest BCUT2D eigenvalue weighted by molar-refractivity contribution is 5.84. The maximum atomic E-state index is 13.0. The molecule has 1 unspecified atom stereocenters. The number of carboxylic acid groups (broad SMARTS) is 1. The smallest absolute Gasteiger partial charge is 0.332 e. The van der Waals surface area contributed by atoms with Crippen molar-refractivity contribution in [2.45, 2.75) is 85.4 Å². The molecule has 1 aromatic carbocycles. The molecule has 0 aliphatic rings. The Labute approximate surface area is 227 Å². The van der Waals surface area contributed by atoms with Gasteiger partial charge in [0.2, 0.25) is 0 Å². The van der Waals surface area contributed by atoms with Crippen molar-refractivity contribution in [3.8, 4) is 5.75 Å². The number of carboxylic acids is 1. The zero-order valence-electron chi connectivity index (χ0n) is 23.3. The summed E-state index contributed by atoms with van der Waals surface area (Å²) in [5.74, 6) is -0.380. The van der Waals surface area contributed by atoms with Gasteiger partial charge in [-0.3, -0.25) is 18.7 Å². The van der Waals surface area contributed by atoms with Crippen LogP contribution in [-0.4, -0.2) is 48.7 Å². The van der Waals surface area contributed by atoms with Crippen molar-refractivity contribution in [1.82, 2.24) is 24.4 Å². The minimum atomic E-state index is -1.07. The predicted molar refractivity (Wildman–Crippen MR) is 148 cm³/mol. The third-order valence-corrected chi connectivity index (χ3v) is 6.42. The number of amides is 1. The Morgan fingerprint density at radius 1 is 1.05 bits per heavy atom. The summed E-state index contributed by atoms with van der Waals surface area (Å²) in [6.07, 6.45) is 2.38. The molecule has 1 amide bonds. The highest BCUT2D eigenvalue weighted by atomic mass is 16.5. The Bertz CT molecular complexity index is 1400. The molecule has 0 fully saturated rings. The second-order valence-electron chi connectivity index (χ2n) is 10.3. The van der Waals surface area contributed by atoms with Crippen molar-refractivity contribution in [3.63, 3.8) is 0 Å². The van der Waals surface area contributed by atoms with Crippen LogP contribution in [0, 0.1) is 5.92 Å². The fourth-order valence-electron chi connectivity index (χ4n) is 4.51. The molecule has 2 atom stereocenters. The molecule has 3 aromatic rings. The van der Waals surface area contributed by atoms with Crippen LogP contribution in [-0.2, 0) is 29.1 Å². The lowest BCUT2D eigenvalue weighted by Gasteiger charge is -2.16. The largest absolute Gasteiger partial charge is 0.484 e. The van der Waals surface area contributed by atoms with Crippen molar-refractivity contribution in [2.75, 3.05) is 6.61 Å². The summed E-state index contributed by atoms with van der Waals surface area (Å²) in [5, 5.41) is 11.8. The number of carbonyl (C=O) groups excluding carboxylic acids is 1. The fourth-order valence-corrected chi connectivity index (χ4v) is 4.51. The molecular formula is C28H39N5O6. The number of nitrogens with one attached hydrogen (secondary N) is 2. The molecule has 0 bridgehead atoms. The number of aliphatic carboxylic acids is 1. The van der Waals surface area contributed by atoms with E-state index in [4.69, 9.17) is 4.74 Å². The summed E-state index contributed by atoms with van der Waals surface area (Å²) in [5.41, 5.74) is 1.06. The second-order valence-corrected chi connectivity index (χ2v) is 10.3. The SMILES string of the molecule is CCCn1c(=O)c2[nH]c(C(C)Cc3ccc(OCC(=O)N[C@@H](CC(C)C)C(=O)O)cc3)nc2n(CCC)c1=O. The number of hydrogen-bond acceptors (Lipinski definition) is 6. The Hall–Kier alpha value is -3.89. The summed E-state index contributed by atoms with van der Waals surface area (Å²) < 4.78 is 8.38. The molecule has 2 heterocycles. The van der Waals surface area contributed by atoms with Gasteiger partial charge in [-0.15, -0.1) is 0 Å². The number of nitrogens with zero attached hydrogens (tertiary/aromatic N) is 3. The molecule has 0 aliphatic heterocycles. The van der Waals surface area contributed by atoms with E-state index in [-0.39, 0.29) is 29.7 Å². The summed E-state index contributed by atoms with van der Waals surface area (Å²) in [7, 11) is 0. The number of H-pyrrole nitrogens is 1. The highest BCUT2D eigenvalue weighted by Gasteiger charge is 2.22. The second kappa shape index (κ2) is 13.3. The van der Waals surface area contributed by atoms with Gasteiger partial charge in [0, 0.05) is 19.0 Å². The zero-order valence-corrected chi connectivity index (χ0v) is 23.3. The van der Waals surface area contributed by atoms with Crippen LogP contribution in [0.3, 0.4) is 0 Å². The van der Waals surface area contributed by atoms with Crippen molar-refractivity contribution in [3.05, 3.63) is 56.5 Å². The summed E-state index contributed by atoms with van der Waals surface area (Å²) >= 11 is 0. The molecule has 11 nitrogen and oxygen atoms in total. The van der Waals surface area contributed by atoms with Crippen molar-refractivity contribution < 1.29 is 19.4 Å². The molecular weight excluding hydrogens is 502 g/mol. The van der Waals surface area contributed by atoms with Crippen molar-refractivity contribution >= 4 is 23.0 Å². The molecule has 0 aliphatic carbocycles. The van der Waals surface area contributed by atoms with E-state index in [1.165, 1.54) is 4.57 Å². The standard InChI is InChI=1S/C28H39N5O6/c1-6-12-32-25-23(26(35)33(13-7-2)28(32)38)30-24(31-25)18(5)15-19-8-10-20(11-9-19)39-16-22(34)29-21(27(36)37)14-17(3)4/h8-11,17-18,21H,6-7,12-16H2,1-5H3,(H,29,34)(H,30,31)(H,36,37)/t18?,21-/m0/s1. The average molecular weight is 542 g/mol. The first-order valence-electron chi connectivity index (χ1n) is 13.5. The van der Waals surface area contributed by atoms with E-state index >= 15 is 0 Å². The highest BCUT2D eigenvalue weighted by Crippen LogP contribution is 2.22. The molecule has 11 heteroatoms. The van der Waals surface area contributed by atoms with E-state index in [2.05, 4.69) is 15.3 Å². The van der Waals surface area contributed by atoms with Gasteiger partial charge in [-0.1, -0.05) is 46.8 Å². The van der Waals surface area contributed by atoms with Gasteiger partial charge in [-0.25, -0.2) is 14.6 Å². The van der Waals surface area contributed by atoms with E-state index < -0.39 is 17.9 Å². The molecule has 212 valence electrons. The zero-order chi connectivity index (χ0) is 28.7. The lowest BCUT2D eigenvalue weighted by molar-refractivity contribution is -0.142. The fraction of sp³-hybridized carbons (Fsp3) is 0.536. The van der Waals surface area contributed by atoms with Gasteiger partial charge in [0.25, 0.3) is 11.5 Å². The van der Waals surface area contributed by atoms with Crippen LogP contribution in [0.5, 0.6) is 5.75 Å². The van der Waals surface area contributed by atoms with Gasteiger partial charge in [0.15, 0.2) is 12.3 Å². The van der Waals surface area contributed by atoms with Crippen molar-refractivity contribution in [1.29, 1.82) is 0 Å². The summed E-state index contributed by atoms with van der Waals surface area (Å²) in [6, 6.07) is 6.31. The van der Waals surface area contributed by atoms with E-state index in [0.717, 1.165) is 12.0 Å². The quantitative estimate of drug-likeness (QED) is 0.284. The van der Waals surface area contributed by atoms with Crippen LogP contribution < -0.4 is 21.3 Å². The van der Waals surface area contributed by atoms with Gasteiger partial charge in [-0.2, -0.15) is 0 Å². The number of ether oxygens (including phenoxy) is 1. The Balaban J connectivity index is 1.68. The number of imidazole rings is 1. The summed E-state index contributed by atoms with van der Waals surface area (Å²) in [4.78, 5) is 57.2. The molecule has 0 saturated carbocycles. The van der Waals surface area contributed by atoms with E-state index in [1.54, 1.807) is 16.7 Å². The normalized spacial score (nSPS) is 13.0. The monoisotopic (exact) mass is 541 g/mol. The van der Waals surface area contributed by atoms with Gasteiger partial charge < -0.3 is 20.1 Å². The Kier molecular flexibility index (Phi) is 10.1. The van der Waals surface area contributed by atoms with E-state index in [0.29, 0.717) is 55.1 Å². The molecule has 39 heavy (non-hydrogen) atoms. The maximum Gasteiger partial charge on any atom is 0.332 e. The van der Waals surface area contributed by atoms with Crippen LogP contribution in [0.1, 0.15) is 71.2 Å².